The fourth-order valence-corrected chi connectivity index (χ4v) is 3.69. The largest absolute Gasteiger partial charge is 0.314 e. The van der Waals surface area contributed by atoms with Crippen molar-refractivity contribution in [2.24, 2.45) is 5.92 Å². The van der Waals surface area contributed by atoms with E-state index in [0.717, 1.165) is 12.5 Å². The Morgan fingerprint density at radius 3 is 2.48 bits per heavy atom. The van der Waals surface area contributed by atoms with Crippen LogP contribution in [0.25, 0.3) is 0 Å². The van der Waals surface area contributed by atoms with E-state index >= 15 is 0 Å². The normalized spacial score (nSPS) is 18.4. The molecule has 1 N–H and O–H groups in total. The predicted molar refractivity (Wildman–Crippen MR) is 92.8 cm³/mol. The molecule has 1 unspecified atom stereocenters. The van der Waals surface area contributed by atoms with E-state index in [-0.39, 0.29) is 0 Å². The van der Waals surface area contributed by atoms with Crippen LogP contribution in [0.5, 0.6) is 0 Å². The van der Waals surface area contributed by atoms with Gasteiger partial charge in [0.1, 0.15) is 0 Å². The summed E-state index contributed by atoms with van der Waals surface area (Å²) in [5.74, 6) is 0.950. The molecule has 1 nitrogen and oxygen atoms in total. The van der Waals surface area contributed by atoms with Gasteiger partial charge in [-0.25, -0.2) is 0 Å². The van der Waals surface area contributed by atoms with Gasteiger partial charge in [0.2, 0.25) is 0 Å². The molecule has 2 rings (SSSR count). The van der Waals surface area contributed by atoms with E-state index in [2.05, 4.69) is 43.4 Å². The van der Waals surface area contributed by atoms with Crippen LogP contribution in [0.3, 0.4) is 0 Å². The third-order valence-corrected chi connectivity index (χ3v) is 5.00. The van der Waals surface area contributed by atoms with Gasteiger partial charge in [-0.3, -0.25) is 0 Å². The maximum absolute atomic E-state index is 3.81. The maximum atomic E-state index is 3.81. The molecule has 0 aromatic heterocycles. The number of hydrogen-bond donors (Lipinski definition) is 1. The molecule has 0 heterocycles. The van der Waals surface area contributed by atoms with E-state index in [1.165, 1.54) is 68.9 Å². The highest BCUT2D eigenvalue weighted by atomic mass is 14.9. The molecular weight excluding hydrogens is 254 g/mol. The van der Waals surface area contributed by atoms with Gasteiger partial charge in [0.05, 0.1) is 0 Å². The summed E-state index contributed by atoms with van der Waals surface area (Å²) in [6, 6.07) is 9.55. The number of rotatable bonds is 7. The summed E-state index contributed by atoms with van der Waals surface area (Å²) >= 11 is 0. The summed E-state index contributed by atoms with van der Waals surface area (Å²) in [5, 5.41) is 3.81. The molecule has 1 aliphatic rings. The van der Waals surface area contributed by atoms with Crippen LogP contribution in [0, 0.1) is 12.8 Å². The van der Waals surface area contributed by atoms with Crippen molar-refractivity contribution >= 4 is 0 Å². The molecule has 1 aliphatic carbocycles. The lowest BCUT2D eigenvalue weighted by atomic mass is 9.89. The first-order chi connectivity index (χ1) is 10.3. The monoisotopic (exact) mass is 287 g/mol. The number of aryl methyl sites for hydroxylation is 1. The van der Waals surface area contributed by atoms with E-state index < -0.39 is 0 Å². The summed E-state index contributed by atoms with van der Waals surface area (Å²) in [6.07, 6.45) is 12.5. The Labute approximate surface area is 131 Å². The fourth-order valence-electron chi connectivity index (χ4n) is 3.69. The zero-order chi connectivity index (χ0) is 14.9. The molecule has 0 spiro atoms. The standard InChI is InChI=1S/C20H33N/c1-3-14-21-20(15-18-11-6-4-5-7-12-18)16-19-13-9-8-10-17(19)2/h8-10,13,18,20-21H,3-7,11-12,14-16H2,1-2H3. The van der Waals surface area contributed by atoms with Crippen LogP contribution in [0.4, 0.5) is 0 Å². The maximum Gasteiger partial charge on any atom is 0.0110 e. The van der Waals surface area contributed by atoms with Crippen LogP contribution in [0.1, 0.15) is 69.4 Å². The summed E-state index contributed by atoms with van der Waals surface area (Å²) in [7, 11) is 0. The third kappa shape index (κ3) is 5.82. The Balaban J connectivity index is 1.94. The highest BCUT2D eigenvalue weighted by Crippen LogP contribution is 2.27. The molecule has 118 valence electrons. The molecule has 1 saturated carbocycles. The molecule has 1 aromatic rings. The third-order valence-electron chi connectivity index (χ3n) is 5.00. The average molecular weight is 287 g/mol. The smallest absolute Gasteiger partial charge is 0.0110 e. The number of benzene rings is 1. The molecule has 0 radical (unpaired) electrons. The first-order valence-corrected chi connectivity index (χ1v) is 9.07. The minimum Gasteiger partial charge on any atom is -0.314 e. The van der Waals surface area contributed by atoms with Gasteiger partial charge in [-0.2, -0.15) is 0 Å². The minimum atomic E-state index is 0.661. The highest BCUT2D eigenvalue weighted by Gasteiger charge is 2.18. The van der Waals surface area contributed by atoms with Crippen LogP contribution < -0.4 is 5.32 Å². The summed E-state index contributed by atoms with van der Waals surface area (Å²) < 4.78 is 0. The summed E-state index contributed by atoms with van der Waals surface area (Å²) in [6.45, 7) is 5.67. The van der Waals surface area contributed by atoms with Gasteiger partial charge in [-0.1, -0.05) is 69.7 Å². The molecule has 1 fully saturated rings. The lowest BCUT2D eigenvalue weighted by Gasteiger charge is -2.24. The van der Waals surface area contributed by atoms with Crippen LogP contribution in [-0.4, -0.2) is 12.6 Å². The van der Waals surface area contributed by atoms with Gasteiger partial charge < -0.3 is 5.32 Å². The molecule has 0 amide bonds. The number of nitrogens with one attached hydrogen (secondary N) is 1. The SMILES string of the molecule is CCCNC(Cc1ccccc1C)CC1CCCCCC1. The van der Waals surface area contributed by atoms with Gasteiger partial charge in [0.25, 0.3) is 0 Å². The van der Waals surface area contributed by atoms with E-state index in [0.29, 0.717) is 6.04 Å². The average Bonchev–Trinajstić information content (AvgIpc) is 2.75. The Bertz CT molecular complexity index is 391. The first kappa shape index (κ1) is 16.5. The lowest BCUT2D eigenvalue weighted by Crippen LogP contribution is -2.34. The van der Waals surface area contributed by atoms with Crippen molar-refractivity contribution in [1.29, 1.82) is 0 Å². The van der Waals surface area contributed by atoms with Crippen LogP contribution in [-0.2, 0) is 6.42 Å². The van der Waals surface area contributed by atoms with E-state index in [4.69, 9.17) is 0 Å². The molecule has 0 bridgehead atoms. The summed E-state index contributed by atoms with van der Waals surface area (Å²) in [4.78, 5) is 0. The van der Waals surface area contributed by atoms with Crippen LogP contribution in [0.2, 0.25) is 0 Å². The molecule has 0 aliphatic heterocycles. The lowest BCUT2D eigenvalue weighted by molar-refractivity contribution is 0.349. The van der Waals surface area contributed by atoms with Crippen molar-refractivity contribution in [3.8, 4) is 0 Å². The van der Waals surface area contributed by atoms with Gasteiger partial charge in [-0.05, 0) is 49.8 Å². The van der Waals surface area contributed by atoms with E-state index in [1.54, 1.807) is 0 Å². The molecule has 1 aromatic carbocycles. The van der Waals surface area contributed by atoms with Gasteiger partial charge in [-0.15, -0.1) is 0 Å². The Kier molecular flexibility index (Phi) is 7.29. The second-order valence-electron chi connectivity index (χ2n) is 6.87. The molecule has 1 heteroatoms. The quantitative estimate of drug-likeness (QED) is 0.674. The van der Waals surface area contributed by atoms with Crippen LogP contribution in [0.15, 0.2) is 24.3 Å². The Morgan fingerprint density at radius 2 is 1.81 bits per heavy atom. The predicted octanol–water partition coefficient (Wildman–Crippen LogP) is 5.27. The van der Waals surface area contributed by atoms with E-state index in [9.17, 15) is 0 Å². The minimum absolute atomic E-state index is 0.661. The second-order valence-corrected chi connectivity index (χ2v) is 6.87. The Hall–Kier alpha value is -0.820. The van der Waals surface area contributed by atoms with E-state index in [1.807, 2.05) is 0 Å². The molecular formula is C20H33N. The van der Waals surface area contributed by atoms with Crippen molar-refractivity contribution in [3.05, 3.63) is 35.4 Å². The zero-order valence-electron chi connectivity index (χ0n) is 14.0. The highest BCUT2D eigenvalue weighted by molar-refractivity contribution is 5.26. The number of hydrogen-bond acceptors (Lipinski definition) is 1. The summed E-state index contributed by atoms with van der Waals surface area (Å²) in [5.41, 5.74) is 2.97. The van der Waals surface area contributed by atoms with Gasteiger partial charge >= 0.3 is 0 Å². The van der Waals surface area contributed by atoms with Gasteiger partial charge in [0, 0.05) is 6.04 Å². The topological polar surface area (TPSA) is 12.0 Å². The van der Waals surface area contributed by atoms with Gasteiger partial charge in [0.15, 0.2) is 0 Å². The molecule has 0 saturated heterocycles. The van der Waals surface area contributed by atoms with Crippen molar-refractivity contribution in [2.45, 2.75) is 77.7 Å². The van der Waals surface area contributed by atoms with Crippen molar-refractivity contribution in [3.63, 3.8) is 0 Å². The molecule has 1 atom stereocenters. The van der Waals surface area contributed by atoms with Crippen molar-refractivity contribution in [1.82, 2.24) is 5.32 Å². The first-order valence-electron chi connectivity index (χ1n) is 9.07. The fraction of sp³-hybridized carbons (Fsp3) is 0.700. The zero-order valence-corrected chi connectivity index (χ0v) is 14.0. The Morgan fingerprint density at radius 1 is 1.10 bits per heavy atom. The van der Waals surface area contributed by atoms with Crippen LogP contribution >= 0.6 is 0 Å². The molecule has 21 heavy (non-hydrogen) atoms. The van der Waals surface area contributed by atoms with Crippen molar-refractivity contribution < 1.29 is 0 Å². The second kappa shape index (κ2) is 9.25. The van der Waals surface area contributed by atoms with Crippen molar-refractivity contribution in [2.75, 3.05) is 6.54 Å².